The van der Waals surface area contributed by atoms with Crippen molar-refractivity contribution in [2.45, 2.75) is 13.1 Å². The monoisotopic (exact) mass is 318 g/mol. The maximum atomic E-state index is 13.5. The van der Waals surface area contributed by atoms with Crippen molar-refractivity contribution in [3.63, 3.8) is 0 Å². The smallest absolute Gasteiger partial charge is 0.348 e. The quantitative estimate of drug-likeness (QED) is 0.475. The van der Waals surface area contributed by atoms with Crippen LogP contribution < -0.4 is 4.74 Å². The lowest BCUT2D eigenvalue weighted by atomic mass is 10.1. The van der Waals surface area contributed by atoms with Crippen molar-refractivity contribution in [2.24, 2.45) is 0 Å². The van der Waals surface area contributed by atoms with E-state index in [0.29, 0.717) is 10.2 Å². The number of carbonyl (C=O) groups excluding carboxylic acids is 2. The minimum absolute atomic E-state index is 0.0240. The second-order valence-electron chi connectivity index (χ2n) is 3.33. The van der Waals surface area contributed by atoms with E-state index >= 15 is 0 Å². The molecule has 1 aromatic rings. The molecule has 0 saturated heterocycles. The molecular weight excluding hydrogens is 307 g/mol. The van der Waals surface area contributed by atoms with Gasteiger partial charge in [0, 0.05) is 5.56 Å². The Hall–Kier alpha value is -1.43. The summed E-state index contributed by atoms with van der Waals surface area (Å²) in [5.74, 6) is -1.74. The first-order valence-electron chi connectivity index (χ1n) is 5.19. The fourth-order valence-electron chi connectivity index (χ4n) is 1.28. The van der Waals surface area contributed by atoms with Crippen molar-refractivity contribution < 1.29 is 23.5 Å². The molecule has 0 fully saturated rings. The molecule has 18 heavy (non-hydrogen) atoms. The van der Waals surface area contributed by atoms with Gasteiger partial charge in [-0.15, -0.1) is 0 Å². The van der Waals surface area contributed by atoms with E-state index in [9.17, 15) is 14.0 Å². The van der Waals surface area contributed by atoms with Gasteiger partial charge in [-0.25, -0.2) is 9.18 Å². The molecule has 0 aliphatic heterocycles. The number of halogens is 2. The van der Waals surface area contributed by atoms with Crippen molar-refractivity contribution in [3.8, 4) is 5.75 Å². The Morgan fingerprint density at radius 2 is 2.11 bits per heavy atom. The number of hydrogen-bond acceptors (Lipinski definition) is 4. The van der Waals surface area contributed by atoms with Gasteiger partial charge >= 0.3 is 5.97 Å². The summed E-state index contributed by atoms with van der Waals surface area (Å²) in [4.78, 5) is 22.8. The molecule has 98 valence electrons. The topological polar surface area (TPSA) is 52.6 Å². The van der Waals surface area contributed by atoms with Crippen LogP contribution in [0.1, 0.15) is 17.3 Å². The first-order chi connectivity index (χ1) is 8.51. The Balaban J connectivity index is 2.93. The van der Waals surface area contributed by atoms with E-state index in [4.69, 9.17) is 4.74 Å². The highest BCUT2D eigenvalue weighted by Crippen LogP contribution is 2.26. The summed E-state index contributed by atoms with van der Waals surface area (Å²) in [5, 5.41) is 0. The average Bonchev–Trinajstić information content (AvgIpc) is 2.38. The standard InChI is InChI=1S/C12H12BrFO4/c1-3-18-12(16)10(14)11(15)7-4-5-8(13)9(6-7)17-2/h4-6,10H,3H2,1-2H3. The molecule has 0 aliphatic carbocycles. The summed E-state index contributed by atoms with van der Waals surface area (Å²) in [6, 6.07) is 4.31. The molecule has 0 N–H and O–H groups in total. The lowest BCUT2D eigenvalue weighted by Crippen LogP contribution is -2.27. The van der Waals surface area contributed by atoms with Crippen LogP contribution >= 0.6 is 15.9 Å². The molecule has 0 radical (unpaired) electrons. The maximum Gasteiger partial charge on any atom is 0.348 e. The zero-order valence-corrected chi connectivity index (χ0v) is 11.5. The molecule has 4 nitrogen and oxygen atoms in total. The number of Topliss-reactive ketones (excluding diaryl/α,β-unsaturated/α-hetero) is 1. The number of ketones is 1. The zero-order valence-electron chi connectivity index (χ0n) is 9.91. The minimum Gasteiger partial charge on any atom is -0.496 e. The summed E-state index contributed by atoms with van der Waals surface area (Å²) < 4.78 is 23.6. The number of hydrogen-bond donors (Lipinski definition) is 0. The van der Waals surface area contributed by atoms with Crippen molar-refractivity contribution >= 4 is 27.7 Å². The van der Waals surface area contributed by atoms with E-state index in [1.807, 2.05) is 0 Å². The van der Waals surface area contributed by atoms with Crippen LogP contribution in [-0.2, 0) is 9.53 Å². The summed E-state index contributed by atoms with van der Waals surface area (Å²) in [6.07, 6.45) is -2.31. The Labute approximate surface area is 112 Å². The number of carbonyl (C=O) groups is 2. The molecule has 0 saturated carbocycles. The summed E-state index contributed by atoms with van der Waals surface area (Å²) in [5.41, 5.74) is 0.0515. The normalized spacial score (nSPS) is 11.8. The Bertz CT molecular complexity index is 461. The third-order valence-corrected chi connectivity index (χ3v) is 2.81. The van der Waals surface area contributed by atoms with Gasteiger partial charge in [0.1, 0.15) is 5.75 Å². The minimum atomic E-state index is -2.31. The number of alkyl halides is 1. The van der Waals surface area contributed by atoms with Crippen molar-refractivity contribution in [1.82, 2.24) is 0 Å². The summed E-state index contributed by atoms with van der Waals surface area (Å²) >= 11 is 3.21. The van der Waals surface area contributed by atoms with Crippen LogP contribution in [0, 0.1) is 0 Å². The Kier molecular flexibility index (Phi) is 5.27. The van der Waals surface area contributed by atoms with Gasteiger partial charge in [0.15, 0.2) is 0 Å². The molecule has 0 spiro atoms. The average molecular weight is 319 g/mol. The van der Waals surface area contributed by atoms with Crippen molar-refractivity contribution in [2.75, 3.05) is 13.7 Å². The zero-order chi connectivity index (χ0) is 13.7. The second-order valence-corrected chi connectivity index (χ2v) is 4.18. The maximum absolute atomic E-state index is 13.5. The van der Waals surface area contributed by atoms with Crippen LogP contribution in [0.3, 0.4) is 0 Å². The lowest BCUT2D eigenvalue weighted by Gasteiger charge is -2.08. The number of benzene rings is 1. The van der Waals surface area contributed by atoms with Gasteiger partial charge in [0.2, 0.25) is 5.78 Å². The number of rotatable bonds is 5. The van der Waals surface area contributed by atoms with E-state index in [2.05, 4.69) is 20.7 Å². The van der Waals surface area contributed by atoms with Gasteiger partial charge in [-0.3, -0.25) is 4.79 Å². The lowest BCUT2D eigenvalue weighted by molar-refractivity contribution is -0.147. The number of ether oxygens (including phenoxy) is 2. The van der Waals surface area contributed by atoms with Crippen LogP contribution in [0.15, 0.2) is 22.7 Å². The van der Waals surface area contributed by atoms with Gasteiger partial charge in [0.05, 0.1) is 18.2 Å². The third kappa shape index (κ3) is 3.29. The van der Waals surface area contributed by atoms with E-state index in [1.54, 1.807) is 6.07 Å². The van der Waals surface area contributed by atoms with E-state index in [0.717, 1.165) is 0 Å². The number of esters is 1. The molecule has 1 unspecified atom stereocenters. The highest BCUT2D eigenvalue weighted by atomic mass is 79.9. The fraction of sp³-hybridized carbons (Fsp3) is 0.333. The van der Waals surface area contributed by atoms with Gasteiger partial charge < -0.3 is 9.47 Å². The molecule has 1 aromatic carbocycles. The van der Waals surface area contributed by atoms with Crippen LogP contribution in [0.5, 0.6) is 5.75 Å². The first kappa shape index (κ1) is 14.6. The molecule has 1 rings (SSSR count). The van der Waals surface area contributed by atoms with Crippen LogP contribution in [0.2, 0.25) is 0 Å². The van der Waals surface area contributed by atoms with E-state index < -0.39 is 17.9 Å². The third-order valence-electron chi connectivity index (χ3n) is 2.16. The Morgan fingerprint density at radius 1 is 1.44 bits per heavy atom. The molecule has 0 bridgehead atoms. The van der Waals surface area contributed by atoms with Gasteiger partial charge in [0.25, 0.3) is 6.17 Å². The molecule has 0 amide bonds. The molecule has 0 aliphatic rings. The van der Waals surface area contributed by atoms with Crippen LogP contribution in [0.4, 0.5) is 4.39 Å². The molecule has 6 heteroatoms. The summed E-state index contributed by atoms with van der Waals surface area (Å²) in [7, 11) is 1.42. The fourth-order valence-corrected chi connectivity index (χ4v) is 1.69. The van der Waals surface area contributed by atoms with Crippen LogP contribution in [0.25, 0.3) is 0 Å². The number of methoxy groups -OCH3 is 1. The van der Waals surface area contributed by atoms with Crippen molar-refractivity contribution in [1.29, 1.82) is 0 Å². The highest BCUT2D eigenvalue weighted by Gasteiger charge is 2.28. The van der Waals surface area contributed by atoms with E-state index in [1.165, 1.54) is 26.2 Å². The van der Waals surface area contributed by atoms with Gasteiger partial charge in [-0.2, -0.15) is 0 Å². The van der Waals surface area contributed by atoms with Gasteiger partial charge in [-0.1, -0.05) is 0 Å². The predicted octanol–water partition coefficient (Wildman–Crippen LogP) is 2.54. The largest absolute Gasteiger partial charge is 0.496 e. The summed E-state index contributed by atoms with van der Waals surface area (Å²) in [6.45, 7) is 1.56. The SMILES string of the molecule is CCOC(=O)C(F)C(=O)c1ccc(Br)c(OC)c1. The molecular formula is C12H12BrFO4. The molecule has 0 heterocycles. The van der Waals surface area contributed by atoms with Crippen LogP contribution in [-0.4, -0.2) is 31.6 Å². The molecule has 1 atom stereocenters. The van der Waals surface area contributed by atoms with E-state index in [-0.39, 0.29) is 12.2 Å². The van der Waals surface area contributed by atoms with Gasteiger partial charge in [-0.05, 0) is 41.1 Å². The second kappa shape index (κ2) is 6.49. The highest BCUT2D eigenvalue weighted by molar-refractivity contribution is 9.10. The molecule has 0 aromatic heterocycles. The predicted molar refractivity (Wildman–Crippen MR) is 66.6 cm³/mol. The first-order valence-corrected chi connectivity index (χ1v) is 5.99. The Morgan fingerprint density at radius 3 is 2.67 bits per heavy atom. The van der Waals surface area contributed by atoms with Crippen molar-refractivity contribution in [3.05, 3.63) is 28.2 Å².